The van der Waals surface area contributed by atoms with Crippen molar-refractivity contribution in [2.75, 3.05) is 0 Å². The van der Waals surface area contributed by atoms with E-state index in [1.807, 2.05) is 0 Å². The van der Waals surface area contributed by atoms with Gasteiger partial charge in [0.1, 0.15) is 0 Å². The van der Waals surface area contributed by atoms with Gasteiger partial charge >= 0.3 is 18.1 Å². The minimum Gasteiger partial charge on any atom is -0.335 e. The summed E-state index contributed by atoms with van der Waals surface area (Å²) in [4.78, 5) is 21.0. The first kappa shape index (κ1) is 12.7. The summed E-state index contributed by atoms with van der Waals surface area (Å²) in [5.74, 6) is -2.27. The van der Waals surface area contributed by atoms with Crippen LogP contribution < -0.4 is 10.6 Å². The fraction of sp³-hybridized carbons (Fsp3) is 0.714. The van der Waals surface area contributed by atoms with Gasteiger partial charge in [-0.05, 0) is 13.3 Å². The molecule has 0 rings (SSSR count). The van der Waals surface area contributed by atoms with Crippen LogP contribution >= 0.6 is 0 Å². The molecule has 14 heavy (non-hydrogen) atoms. The van der Waals surface area contributed by atoms with Gasteiger partial charge in [0.05, 0.1) is 0 Å². The standard InChI is InChI=1S/C7H11F3N2O2/c1-3-4(2)11-6(14)12-5(13)7(8,9)10/h4H,3H2,1-2H3,(H2,11,12,13,14)/t4-/m1/s1. The lowest BCUT2D eigenvalue weighted by molar-refractivity contribution is -0.172. The Kier molecular flexibility index (Phi) is 4.39. The smallest absolute Gasteiger partial charge is 0.335 e. The molecule has 0 aromatic rings. The van der Waals surface area contributed by atoms with Gasteiger partial charge in [0.25, 0.3) is 0 Å². The molecule has 0 aromatic carbocycles. The Balaban J connectivity index is 4.02. The molecule has 0 heterocycles. The number of alkyl halides is 3. The second kappa shape index (κ2) is 4.83. The van der Waals surface area contributed by atoms with Gasteiger partial charge in [-0.25, -0.2) is 4.79 Å². The quantitative estimate of drug-likeness (QED) is 0.721. The molecule has 0 aliphatic carbocycles. The third kappa shape index (κ3) is 4.68. The van der Waals surface area contributed by atoms with Gasteiger partial charge < -0.3 is 5.32 Å². The molecule has 0 saturated heterocycles. The summed E-state index contributed by atoms with van der Waals surface area (Å²) < 4.78 is 34.9. The Morgan fingerprint density at radius 1 is 1.36 bits per heavy atom. The van der Waals surface area contributed by atoms with Gasteiger partial charge in [-0.1, -0.05) is 6.92 Å². The molecule has 1 atom stereocenters. The number of carbonyl (C=O) groups excluding carboxylic acids is 2. The molecule has 0 bridgehead atoms. The minimum atomic E-state index is -5.03. The Morgan fingerprint density at radius 2 is 1.86 bits per heavy atom. The first-order valence-corrected chi connectivity index (χ1v) is 3.96. The highest BCUT2D eigenvalue weighted by Gasteiger charge is 2.39. The number of hydrogen-bond donors (Lipinski definition) is 2. The first-order valence-electron chi connectivity index (χ1n) is 3.96. The van der Waals surface area contributed by atoms with Gasteiger partial charge in [0.15, 0.2) is 0 Å². The van der Waals surface area contributed by atoms with E-state index in [2.05, 4.69) is 5.32 Å². The third-order valence-corrected chi connectivity index (χ3v) is 1.47. The van der Waals surface area contributed by atoms with Gasteiger partial charge in [0.2, 0.25) is 0 Å². The van der Waals surface area contributed by atoms with E-state index < -0.39 is 18.1 Å². The first-order chi connectivity index (χ1) is 6.27. The predicted octanol–water partition coefficient (Wildman–Crippen LogP) is 1.17. The SMILES string of the molecule is CC[C@@H](C)NC(=O)NC(=O)C(F)(F)F. The van der Waals surface area contributed by atoms with Gasteiger partial charge in [-0.3, -0.25) is 10.1 Å². The van der Waals surface area contributed by atoms with Crippen LogP contribution in [0.15, 0.2) is 0 Å². The number of imide groups is 1. The van der Waals surface area contributed by atoms with Crippen LogP contribution in [-0.2, 0) is 4.79 Å². The number of hydrogen-bond acceptors (Lipinski definition) is 2. The van der Waals surface area contributed by atoms with Crippen molar-refractivity contribution in [2.45, 2.75) is 32.5 Å². The second-order valence-electron chi connectivity index (χ2n) is 2.73. The zero-order chi connectivity index (χ0) is 11.4. The monoisotopic (exact) mass is 212 g/mol. The molecular formula is C7H11F3N2O2. The average Bonchev–Trinajstić information content (AvgIpc) is 2.02. The number of urea groups is 1. The summed E-state index contributed by atoms with van der Waals surface area (Å²) >= 11 is 0. The number of rotatable bonds is 2. The molecule has 2 N–H and O–H groups in total. The fourth-order valence-electron chi connectivity index (χ4n) is 0.536. The maximum Gasteiger partial charge on any atom is 0.471 e. The third-order valence-electron chi connectivity index (χ3n) is 1.47. The summed E-state index contributed by atoms with van der Waals surface area (Å²) in [5, 5.41) is 3.33. The molecule has 0 fully saturated rings. The number of amides is 3. The molecule has 0 unspecified atom stereocenters. The van der Waals surface area contributed by atoms with Crippen LogP contribution in [0.1, 0.15) is 20.3 Å². The largest absolute Gasteiger partial charge is 0.471 e. The maximum absolute atomic E-state index is 11.6. The molecule has 0 saturated carbocycles. The summed E-state index contributed by atoms with van der Waals surface area (Å²) in [5.41, 5.74) is 0. The van der Waals surface area contributed by atoms with Crippen molar-refractivity contribution in [2.24, 2.45) is 0 Å². The van der Waals surface area contributed by atoms with E-state index in [4.69, 9.17) is 0 Å². The van der Waals surface area contributed by atoms with Crippen molar-refractivity contribution in [3.63, 3.8) is 0 Å². The molecular weight excluding hydrogens is 201 g/mol. The fourth-order valence-corrected chi connectivity index (χ4v) is 0.536. The van der Waals surface area contributed by atoms with Crippen LogP contribution in [0, 0.1) is 0 Å². The van der Waals surface area contributed by atoms with Crippen molar-refractivity contribution in [1.29, 1.82) is 0 Å². The summed E-state index contributed by atoms with van der Waals surface area (Å²) in [6, 6.07) is -1.42. The molecule has 0 radical (unpaired) electrons. The normalized spacial score (nSPS) is 13.2. The summed E-state index contributed by atoms with van der Waals surface area (Å²) in [6.45, 7) is 3.36. The van der Waals surface area contributed by atoms with Gasteiger partial charge in [-0.15, -0.1) is 0 Å². The van der Waals surface area contributed by atoms with E-state index in [-0.39, 0.29) is 6.04 Å². The average molecular weight is 212 g/mol. The predicted molar refractivity (Wildman–Crippen MR) is 42.5 cm³/mol. The molecule has 7 heteroatoms. The van der Waals surface area contributed by atoms with E-state index >= 15 is 0 Å². The van der Waals surface area contributed by atoms with Crippen LogP contribution in [0.5, 0.6) is 0 Å². The number of halogens is 3. The lowest BCUT2D eigenvalue weighted by Gasteiger charge is -2.12. The highest BCUT2D eigenvalue weighted by molar-refractivity contribution is 5.97. The van der Waals surface area contributed by atoms with E-state index in [0.717, 1.165) is 0 Å². The van der Waals surface area contributed by atoms with E-state index in [1.165, 1.54) is 5.32 Å². The number of carbonyl (C=O) groups is 2. The Bertz CT molecular complexity index is 227. The van der Waals surface area contributed by atoms with Crippen LogP contribution in [0.3, 0.4) is 0 Å². The molecule has 0 aliphatic rings. The van der Waals surface area contributed by atoms with E-state index in [1.54, 1.807) is 13.8 Å². The summed E-state index contributed by atoms with van der Waals surface area (Å²) in [7, 11) is 0. The Morgan fingerprint density at radius 3 is 2.21 bits per heavy atom. The minimum absolute atomic E-state index is 0.281. The van der Waals surface area contributed by atoms with Crippen molar-refractivity contribution < 1.29 is 22.8 Å². The maximum atomic E-state index is 11.6. The highest BCUT2D eigenvalue weighted by atomic mass is 19.4. The lowest BCUT2D eigenvalue weighted by Crippen LogP contribution is -2.47. The van der Waals surface area contributed by atoms with Crippen LogP contribution in [0.4, 0.5) is 18.0 Å². The zero-order valence-corrected chi connectivity index (χ0v) is 7.73. The van der Waals surface area contributed by atoms with Crippen LogP contribution in [-0.4, -0.2) is 24.2 Å². The van der Waals surface area contributed by atoms with Crippen molar-refractivity contribution in [3.05, 3.63) is 0 Å². The second-order valence-corrected chi connectivity index (χ2v) is 2.73. The molecule has 4 nitrogen and oxygen atoms in total. The van der Waals surface area contributed by atoms with Crippen LogP contribution in [0.2, 0.25) is 0 Å². The summed E-state index contributed by atoms with van der Waals surface area (Å²) in [6.07, 6.45) is -4.47. The molecule has 0 spiro atoms. The van der Waals surface area contributed by atoms with Crippen LogP contribution in [0.25, 0.3) is 0 Å². The molecule has 0 aliphatic heterocycles. The van der Waals surface area contributed by atoms with E-state index in [0.29, 0.717) is 6.42 Å². The molecule has 82 valence electrons. The highest BCUT2D eigenvalue weighted by Crippen LogP contribution is 2.13. The van der Waals surface area contributed by atoms with Gasteiger partial charge in [0, 0.05) is 6.04 Å². The van der Waals surface area contributed by atoms with Crippen molar-refractivity contribution in [1.82, 2.24) is 10.6 Å². The molecule has 3 amide bonds. The lowest BCUT2D eigenvalue weighted by atomic mass is 10.3. The Labute approximate surface area is 78.8 Å². The molecule has 0 aromatic heterocycles. The van der Waals surface area contributed by atoms with Gasteiger partial charge in [-0.2, -0.15) is 13.2 Å². The number of nitrogens with one attached hydrogen (secondary N) is 2. The zero-order valence-electron chi connectivity index (χ0n) is 7.73. The van der Waals surface area contributed by atoms with Crippen molar-refractivity contribution in [3.8, 4) is 0 Å². The van der Waals surface area contributed by atoms with Crippen molar-refractivity contribution >= 4 is 11.9 Å². The Hall–Kier alpha value is -1.27. The topological polar surface area (TPSA) is 58.2 Å². The van der Waals surface area contributed by atoms with E-state index in [9.17, 15) is 22.8 Å².